The van der Waals surface area contributed by atoms with E-state index in [1.54, 1.807) is 11.8 Å². The van der Waals surface area contributed by atoms with Gasteiger partial charge in [0.25, 0.3) is 0 Å². The van der Waals surface area contributed by atoms with E-state index in [1.807, 2.05) is 31.3 Å². The summed E-state index contributed by atoms with van der Waals surface area (Å²) in [6, 6.07) is 1.96. The number of ether oxygens (including phenoxy) is 1. The Labute approximate surface area is 94.8 Å². The molecule has 82 valence electrons. The Morgan fingerprint density at radius 2 is 2.20 bits per heavy atom. The van der Waals surface area contributed by atoms with Crippen LogP contribution in [0.1, 0.15) is 12.8 Å². The Hall–Kier alpha value is -0.900. The molecule has 0 N–H and O–H groups in total. The highest BCUT2D eigenvalue weighted by molar-refractivity contribution is 7.98. The molecule has 2 rings (SSSR count). The largest absolute Gasteiger partial charge is 0.489 e. The monoisotopic (exact) mass is 224 g/mol. The second kappa shape index (κ2) is 4.31. The molecule has 0 amide bonds. The first kappa shape index (κ1) is 10.6. The Balaban J connectivity index is 2.30. The fourth-order valence-electron chi connectivity index (χ4n) is 1.39. The maximum absolute atomic E-state index is 5.85. The highest BCUT2D eigenvalue weighted by atomic mass is 32.2. The predicted molar refractivity (Wildman–Crippen MR) is 64.0 cm³/mol. The third-order valence-corrected chi connectivity index (χ3v) is 3.09. The summed E-state index contributed by atoms with van der Waals surface area (Å²) in [6.07, 6.45) is 6.69. The van der Waals surface area contributed by atoms with Gasteiger partial charge in [-0.2, -0.15) is 0 Å². The molecule has 0 aliphatic heterocycles. The van der Waals surface area contributed by atoms with Crippen LogP contribution in [0.5, 0.6) is 5.75 Å². The molecule has 3 nitrogen and oxygen atoms in total. The Bertz CT molecular complexity index is 350. The zero-order valence-corrected chi connectivity index (χ0v) is 10.2. The highest BCUT2D eigenvalue weighted by Crippen LogP contribution is 2.37. The van der Waals surface area contributed by atoms with Crippen LogP contribution in [-0.4, -0.2) is 31.4 Å². The highest BCUT2D eigenvalue weighted by Gasteiger charge is 2.25. The molecule has 4 heteroatoms. The molecule has 0 radical (unpaired) electrons. The molecule has 1 aliphatic carbocycles. The van der Waals surface area contributed by atoms with E-state index >= 15 is 0 Å². The lowest BCUT2D eigenvalue weighted by molar-refractivity contribution is 0.295. The number of pyridine rings is 1. The zero-order chi connectivity index (χ0) is 10.8. The van der Waals surface area contributed by atoms with E-state index in [9.17, 15) is 0 Å². The van der Waals surface area contributed by atoms with E-state index in [0.717, 1.165) is 16.5 Å². The van der Waals surface area contributed by atoms with Gasteiger partial charge in [0.15, 0.2) is 0 Å². The van der Waals surface area contributed by atoms with Crippen molar-refractivity contribution in [2.45, 2.75) is 23.8 Å². The number of thioether (sulfide) groups is 1. The maximum atomic E-state index is 5.85. The van der Waals surface area contributed by atoms with Crippen LogP contribution in [0.3, 0.4) is 0 Å². The molecule has 0 bridgehead atoms. The molecule has 1 saturated carbocycles. The van der Waals surface area contributed by atoms with Gasteiger partial charge in [-0.3, -0.25) is 0 Å². The minimum atomic E-state index is 0.438. The van der Waals surface area contributed by atoms with Crippen LogP contribution in [0.2, 0.25) is 0 Å². The number of rotatable bonds is 4. The summed E-state index contributed by atoms with van der Waals surface area (Å²) in [5.41, 5.74) is 0. The molecule has 1 aromatic heterocycles. The van der Waals surface area contributed by atoms with Gasteiger partial charge in [0, 0.05) is 20.3 Å². The van der Waals surface area contributed by atoms with Crippen LogP contribution in [0.15, 0.2) is 17.2 Å². The maximum Gasteiger partial charge on any atom is 0.145 e. The van der Waals surface area contributed by atoms with Crippen LogP contribution >= 0.6 is 11.8 Å². The molecule has 0 aromatic carbocycles. The lowest BCUT2D eigenvalue weighted by atomic mass is 10.4. The third kappa shape index (κ3) is 2.37. The van der Waals surface area contributed by atoms with Gasteiger partial charge in [-0.05, 0) is 25.2 Å². The van der Waals surface area contributed by atoms with Crippen molar-refractivity contribution in [3.8, 4) is 5.75 Å². The molecule has 0 atom stereocenters. The zero-order valence-electron chi connectivity index (χ0n) is 9.36. The van der Waals surface area contributed by atoms with E-state index in [-0.39, 0.29) is 0 Å². The summed E-state index contributed by atoms with van der Waals surface area (Å²) in [5.74, 6) is 1.96. The molecular formula is C11H16N2OS. The first-order chi connectivity index (χ1) is 7.22. The minimum Gasteiger partial charge on any atom is -0.489 e. The van der Waals surface area contributed by atoms with Crippen LogP contribution < -0.4 is 9.64 Å². The Kier molecular flexibility index (Phi) is 3.05. The van der Waals surface area contributed by atoms with Crippen molar-refractivity contribution in [3.63, 3.8) is 0 Å². The van der Waals surface area contributed by atoms with E-state index in [1.165, 1.54) is 12.8 Å². The van der Waals surface area contributed by atoms with Crippen molar-refractivity contribution < 1.29 is 4.74 Å². The van der Waals surface area contributed by atoms with Gasteiger partial charge in [0.1, 0.15) is 11.6 Å². The summed E-state index contributed by atoms with van der Waals surface area (Å²) in [5, 5.41) is 0. The lowest BCUT2D eigenvalue weighted by Gasteiger charge is -2.17. The molecule has 1 aromatic rings. The van der Waals surface area contributed by atoms with Crippen molar-refractivity contribution in [1.82, 2.24) is 4.98 Å². The summed E-state index contributed by atoms with van der Waals surface area (Å²) in [7, 11) is 4.01. The second-order valence-corrected chi connectivity index (χ2v) is 4.69. The topological polar surface area (TPSA) is 25.4 Å². The average Bonchev–Trinajstić information content (AvgIpc) is 3.01. The molecule has 0 saturated heterocycles. The van der Waals surface area contributed by atoms with Crippen molar-refractivity contribution >= 4 is 17.6 Å². The normalized spacial score (nSPS) is 15.1. The molecule has 15 heavy (non-hydrogen) atoms. The van der Waals surface area contributed by atoms with Crippen molar-refractivity contribution in [2.75, 3.05) is 25.3 Å². The van der Waals surface area contributed by atoms with Crippen LogP contribution in [0.4, 0.5) is 5.82 Å². The van der Waals surface area contributed by atoms with Gasteiger partial charge in [-0.25, -0.2) is 4.98 Å². The van der Waals surface area contributed by atoms with Gasteiger partial charge < -0.3 is 9.64 Å². The van der Waals surface area contributed by atoms with Crippen LogP contribution in [-0.2, 0) is 0 Å². The summed E-state index contributed by atoms with van der Waals surface area (Å²) < 4.78 is 5.85. The van der Waals surface area contributed by atoms with Gasteiger partial charge >= 0.3 is 0 Å². The SMILES string of the molecule is CSc1c(OC2CC2)ccnc1N(C)C. The van der Waals surface area contributed by atoms with Gasteiger partial charge in [-0.1, -0.05) is 0 Å². The Morgan fingerprint density at radius 1 is 1.47 bits per heavy atom. The quantitative estimate of drug-likeness (QED) is 0.733. The summed E-state index contributed by atoms with van der Waals surface area (Å²) in [4.78, 5) is 7.52. The van der Waals surface area contributed by atoms with Gasteiger partial charge in [0.05, 0.1) is 11.0 Å². The first-order valence-corrected chi connectivity index (χ1v) is 6.32. The number of hydrogen-bond acceptors (Lipinski definition) is 4. The van der Waals surface area contributed by atoms with Crippen molar-refractivity contribution in [1.29, 1.82) is 0 Å². The number of anilines is 1. The number of hydrogen-bond donors (Lipinski definition) is 0. The van der Waals surface area contributed by atoms with E-state index in [2.05, 4.69) is 11.2 Å². The fourth-order valence-corrected chi connectivity index (χ4v) is 2.12. The lowest BCUT2D eigenvalue weighted by Crippen LogP contribution is -2.12. The third-order valence-electron chi connectivity index (χ3n) is 2.30. The van der Waals surface area contributed by atoms with Gasteiger partial charge in [-0.15, -0.1) is 11.8 Å². The molecule has 0 unspecified atom stereocenters. The molecule has 1 heterocycles. The number of nitrogens with zero attached hydrogens (tertiary/aromatic N) is 2. The molecule has 1 fully saturated rings. The fraction of sp³-hybridized carbons (Fsp3) is 0.545. The molecule has 0 spiro atoms. The van der Waals surface area contributed by atoms with E-state index in [0.29, 0.717) is 6.10 Å². The van der Waals surface area contributed by atoms with Crippen LogP contribution in [0.25, 0.3) is 0 Å². The van der Waals surface area contributed by atoms with Crippen molar-refractivity contribution in [3.05, 3.63) is 12.3 Å². The minimum absolute atomic E-state index is 0.438. The predicted octanol–water partition coefficient (Wildman–Crippen LogP) is 2.41. The van der Waals surface area contributed by atoms with Crippen molar-refractivity contribution in [2.24, 2.45) is 0 Å². The smallest absolute Gasteiger partial charge is 0.145 e. The molecule has 1 aliphatic rings. The first-order valence-electron chi connectivity index (χ1n) is 5.09. The van der Waals surface area contributed by atoms with Crippen LogP contribution in [0, 0.1) is 0 Å². The second-order valence-electron chi connectivity index (χ2n) is 3.88. The molecular weight excluding hydrogens is 208 g/mol. The number of aromatic nitrogens is 1. The summed E-state index contributed by atoms with van der Waals surface area (Å²) in [6.45, 7) is 0. The summed E-state index contributed by atoms with van der Waals surface area (Å²) >= 11 is 1.69. The van der Waals surface area contributed by atoms with E-state index in [4.69, 9.17) is 4.74 Å². The Morgan fingerprint density at radius 3 is 2.73 bits per heavy atom. The van der Waals surface area contributed by atoms with Gasteiger partial charge in [0.2, 0.25) is 0 Å². The average molecular weight is 224 g/mol. The van der Waals surface area contributed by atoms with E-state index < -0.39 is 0 Å². The standard InChI is InChI=1S/C11H16N2OS/c1-13(2)11-10(15-3)9(6-7-12-11)14-8-4-5-8/h6-8H,4-5H2,1-3H3.